The van der Waals surface area contributed by atoms with Gasteiger partial charge in [0.25, 0.3) is 0 Å². The summed E-state index contributed by atoms with van der Waals surface area (Å²) in [6.07, 6.45) is 4.50. The second-order valence-electron chi connectivity index (χ2n) is 6.74. The third-order valence-corrected chi connectivity index (χ3v) is 4.33. The van der Waals surface area contributed by atoms with Crippen molar-refractivity contribution in [3.05, 3.63) is 11.6 Å². The fraction of sp³-hybridized carbons (Fsp3) is 0.800. The van der Waals surface area contributed by atoms with Gasteiger partial charge in [-0.1, -0.05) is 13.8 Å². The normalized spacial score (nSPS) is 14.3. The zero-order chi connectivity index (χ0) is 15.5. The molecule has 6 nitrogen and oxygen atoms in total. The summed E-state index contributed by atoms with van der Waals surface area (Å²) < 4.78 is 2.14. The molecule has 0 saturated heterocycles. The zero-order valence-electron chi connectivity index (χ0n) is 13.4. The number of rotatable bonds is 7. The second-order valence-corrected chi connectivity index (χ2v) is 6.74. The summed E-state index contributed by atoms with van der Waals surface area (Å²) in [6, 6.07) is 0. The Morgan fingerprint density at radius 3 is 2.86 bits per heavy atom. The first-order chi connectivity index (χ1) is 9.93. The van der Waals surface area contributed by atoms with Crippen molar-refractivity contribution in [2.75, 3.05) is 13.6 Å². The van der Waals surface area contributed by atoms with E-state index in [-0.39, 0.29) is 11.3 Å². The highest BCUT2D eigenvalue weighted by atomic mass is 16.2. The highest BCUT2D eigenvalue weighted by Gasteiger charge is 2.22. The molecule has 0 spiro atoms. The third kappa shape index (κ3) is 4.03. The lowest BCUT2D eigenvalue weighted by Gasteiger charge is -2.25. The maximum atomic E-state index is 12.3. The number of hydrogen-bond donors (Lipinski definition) is 1. The van der Waals surface area contributed by atoms with E-state index in [9.17, 15) is 4.79 Å². The molecule has 0 bridgehead atoms. The summed E-state index contributed by atoms with van der Waals surface area (Å²) in [4.78, 5) is 14.0. The van der Waals surface area contributed by atoms with Gasteiger partial charge in [0.15, 0.2) is 5.82 Å². The topological polar surface area (TPSA) is 77.0 Å². The first-order valence-corrected chi connectivity index (χ1v) is 7.78. The van der Waals surface area contributed by atoms with Crippen LogP contribution in [0.4, 0.5) is 0 Å². The smallest absolute Gasteiger partial charge is 0.222 e. The van der Waals surface area contributed by atoms with Crippen LogP contribution in [0.3, 0.4) is 0 Å². The third-order valence-electron chi connectivity index (χ3n) is 4.33. The van der Waals surface area contributed by atoms with Crippen LogP contribution >= 0.6 is 0 Å². The highest BCUT2D eigenvalue weighted by Crippen LogP contribution is 2.26. The molecule has 1 amide bonds. The first kappa shape index (κ1) is 15.9. The van der Waals surface area contributed by atoms with E-state index in [1.165, 1.54) is 0 Å². The fourth-order valence-electron chi connectivity index (χ4n) is 2.78. The van der Waals surface area contributed by atoms with Crippen LogP contribution in [0.15, 0.2) is 0 Å². The van der Waals surface area contributed by atoms with E-state index in [0.717, 1.165) is 43.9 Å². The molecule has 0 atom stereocenters. The van der Waals surface area contributed by atoms with Crippen LogP contribution < -0.4 is 5.73 Å². The molecule has 2 rings (SSSR count). The number of aromatic nitrogens is 3. The maximum Gasteiger partial charge on any atom is 0.222 e. The molecule has 1 aliphatic rings. The maximum absolute atomic E-state index is 12.3. The Labute approximate surface area is 126 Å². The van der Waals surface area contributed by atoms with Crippen molar-refractivity contribution < 1.29 is 4.79 Å². The molecule has 6 heteroatoms. The highest BCUT2D eigenvalue weighted by molar-refractivity contribution is 5.75. The Bertz CT molecular complexity index is 494. The number of carbonyl (C=O) groups is 1. The largest absolute Gasteiger partial charge is 0.338 e. The molecule has 118 valence electrons. The monoisotopic (exact) mass is 293 g/mol. The SMILES string of the molecule is CN(Cc1nnc2n1CCC2)C(=O)CCC(C)(C)CCN. The summed E-state index contributed by atoms with van der Waals surface area (Å²) in [7, 11) is 1.84. The lowest BCUT2D eigenvalue weighted by Crippen LogP contribution is -2.29. The molecule has 1 aromatic heterocycles. The molecule has 0 aliphatic carbocycles. The van der Waals surface area contributed by atoms with Crippen molar-refractivity contribution in [3.63, 3.8) is 0 Å². The lowest BCUT2D eigenvalue weighted by molar-refractivity contribution is -0.131. The molecule has 0 saturated carbocycles. The molecule has 2 heterocycles. The van der Waals surface area contributed by atoms with E-state index < -0.39 is 0 Å². The minimum atomic E-state index is 0.126. The first-order valence-electron chi connectivity index (χ1n) is 7.78. The van der Waals surface area contributed by atoms with Gasteiger partial charge in [-0.15, -0.1) is 10.2 Å². The molecule has 1 aliphatic heterocycles. The van der Waals surface area contributed by atoms with Gasteiger partial charge in [-0.3, -0.25) is 4.79 Å². The minimum absolute atomic E-state index is 0.126. The summed E-state index contributed by atoms with van der Waals surface area (Å²) >= 11 is 0. The van der Waals surface area contributed by atoms with E-state index in [0.29, 0.717) is 19.5 Å². The summed E-state index contributed by atoms with van der Waals surface area (Å²) in [5.74, 6) is 2.12. The van der Waals surface area contributed by atoms with Crippen molar-refractivity contribution in [1.82, 2.24) is 19.7 Å². The van der Waals surface area contributed by atoms with Crippen LogP contribution in [0.1, 0.15) is 51.2 Å². The summed E-state index contributed by atoms with van der Waals surface area (Å²) in [5, 5.41) is 8.38. The Morgan fingerprint density at radius 2 is 2.14 bits per heavy atom. The number of carbonyl (C=O) groups excluding carboxylic acids is 1. The van der Waals surface area contributed by atoms with E-state index in [1.807, 2.05) is 7.05 Å². The quantitative estimate of drug-likeness (QED) is 0.823. The Hall–Kier alpha value is -1.43. The van der Waals surface area contributed by atoms with Crippen molar-refractivity contribution >= 4 is 5.91 Å². The van der Waals surface area contributed by atoms with Gasteiger partial charge in [0.2, 0.25) is 5.91 Å². The number of nitrogens with zero attached hydrogens (tertiary/aromatic N) is 4. The number of aryl methyl sites for hydroxylation is 1. The summed E-state index contributed by atoms with van der Waals surface area (Å²) in [6.45, 7) is 6.52. The van der Waals surface area contributed by atoms with Crippen LogP contribution in [-0.2, 0) is 24.3 Å². The molecule has 0 unspecified atom stereocenters. The molecule has 0 radical (unpaired) electrons. The standard InChI is InChI=1S/C15H27N5O/c1-15(2,8-9-16)7-6-14(21)19(3)11-13-18-17-12-5-4-10-20(12)13/h4-11,16H2,1-3H3. The van der Waals surface area contributed by atoms with E-state index in [2.05, 4.69) is 28.6 Å². The molecular weight excluding hydrogens is 266 g/mol. The van der Waals surface area contributed by atoms with Gasteiger partial charge in [-0.05, 0) is 31.2 Å². The van der Waals surface area contributed by atoms with E-state index in [1.54, 1.807) is 4.90 Å². The number of nitrogens with two attached hydrogens (primary N) is 1. The van der Waals surface area contributed by atoms with E-state index in [4.69, 9.17) is 5.73 Å². The van der Waals surface area contributed by atoms with Crippen LogP contribution in [0.5, 0.6) is 0 Å². The van der Waals surface area contributed by atoms with Crippen LogP contribution in [0, 0.1) is 5.41 Å². The zero-order valence-corrected chi connectivity index (χ0v) is 13.4. The van der Waals surface area contributed by atoms with Crippen molar-refractivity contribution in [2.45, 2.75) is 59.0 Å². The fourth-order valence-corrected chi connectivity index (χ4v) is 2.78. The molecule has 0 fully saturated rings. The molecular formula is C15H27N5O. The van der Waals surface area contributed by atoms with Gasteiger partial charge in [0, 0.05) is 26.4 Å². The Balaban J connectivity index is 1.85. The van der Waals surface area contributed by atoms with Crippen molar-refractivity contribution in [3.8, 4) is 0 Å². The second kappa shape index (κ2) is 6.56. The average Bonchev–Trinajstić information content (AvgIpc) is 3.01. The Kier molecular flexibility index (Phi) is 4.98. The van der Waals surface area contributed by atoms with Crippen LogP contribution in [-0.4, -0.2) is 39.2 Å². The molecule has 2 N–H and O–H groups in total. The van der Waals surface area contributed by atoms with Gasteiger partial charge in [0.05, 0.1) is 6.54 Å². The van der Waals surface area contributed by atoms with Gasteiger partial charge >= 0.3 is 0 Å². The van der Waals surface area contributed by atoms with Gasteiger partial charge in [-0.2, -0.15) is 0 Å². The Morgan fingerprint density at radius 1 is 1.38 bits per heavy atom. The van der Waals surface area contributed by atoms with Crippen molar-refractivity contribution in [1.29, 1.82) is 0 Å². The van der Waals surface area contributed by atoms with Crippen LogP contribution in [0.2, 0.25) is 0 Å². The number of hydrogen-bond acceptors (Lipinski definition) is 4. The number of amides is 1. The van der Waals surface area contributed by atoms with Crippen LogP contribution in [0.25, 0.3) is 0 Å². The van der Waals surface area contributed by atoms with Crippen molar-refractivity contribution in [2.24, 2.45) is 11.1 Å². The molecule has 1 aromatic rings. The molecule has 0 aromatic carbocycles. The average molecular weight is 293 g/mol. The van der Waals surface area contributed by atoms with Gasteiger partial charge in [-0.25, -0.2) is 0 Å². The summed E-state index contributed by atoms with van der Waals surface area (Å²) in [5.41, 5.74) is 5.74. The predicted octanol–water partition coefficient (Wildman–Crippen LogP) is 1.34. The van der Waals surface area contributed by atoms with Gasteiger partial charge < -0.3 is 15.2 Å². The van der Waals surface area contributed by atoms with E-state index >= 15 is 0 Å². The predicted molar refractivity (Wildman–Crippen MR) is 81.5 cm³/mol. The number of fused-ring (bicyclic) bond motifs is 1. The van der Waals surface area contributed by atoms with Gasteiger partial charge in [0.1, 0.15) is 5.82 Å². The minimum Gasteiger partial charge on any atom is -0.338 e. The molecule has 21 heavy (non-hydrogen) atoms. The lowest BCUT2D eigenvalue weighted by atomic mass is 9.84.